The minimum absolute atomic E-state index is 0.168. The molecule has 1 saturated carbocycles. The van der Waals surface area contributed by atoms with E-state index in [1.807, 2.05) is 47.3 Å². The summed E-state index contributed by atoms with van der Waals surface area (Å²) in [4.78, 5) is 29.6. The smallest absolute Gasteiger partial charge is 0.269 e. The van der Waals surface area contributed by atoms with Crippen LogP contribution < -0.4 is 20.9 Å². The molecule has 4 aromatic rings. The summed E-state index contributed by atoms with van der Waals surface area (Å²) in [6.45, 7) is 0.576. The Morgan fingerprint density at radius 2 is 1.74 bits per heavy atom. The Bertz CT molecular complexity index is 1410. The highest BCUT2D eigenvalue weighted by Crippen LogP contribution is 2.29. The number of hydrogen-bond donors (Lipinski definition) is 3. The molecule has 1 aliphatic rings. The van der Waals surface area contributed by atoms with Gasteiger partial charge < -0.3 is 10.1 Å². The molecule has 0 spiro atoms. The summed E-state index contributed by atoms with van der Waals surface area (Å²) >= 11 is 0. The van der Waals surface area contributed by atoms with Crippen LogP contribution in [-0.2, 0) is 17.8 Å². The van der Waals surface area contributed by atoms with E-state index >= 15 is 0 Å². The van der Waals surface area contributed by atoms with Gasteiger partial charge in [-0.2, -0.15) is 5.10 Å². The molecular formula is C30H34N6O3. The lowest BCUT2D eigenvalue weighted by Crippen LogP contribution is -2.41. The average molecular weight is 527 g/mol. The summed E-state index contributed by atoms with van der Waals surface area (Å²) in [5, 5.41) is 9.54. The molecule has 0 radical (unpaired) electrons. The monoisotopic (exact) mass is 526 g/mol. The van der Waals surface area contributed by atoms with Gasteiger partial charge in [-0.05, 0) is 48.7 Å². The molecule has 202 valence electrons. The number of aromatic nitrogens is 3. The Balaban J connectivity index is 1.35. The molecule has 5 rings (SSSR count). The van der Waals surface area contributed by atoms with E-state index in [4.69, 9.17) is 9.84 Å². The molecule has 1 aliphatic carbocycles. The fraction of sp³-hybridized carbons (Fsp3) is 0.333. The first kappa shape index (κ1) is 26.2. The quantitative estimate of drug-likeness (QED) is 0.275. The number of amides is 2. The van der Waals surface area contributed by atoms with Crippen LogP contribution in [0.5, 0.6) is 5.75 Å². The summed E-state index contributed by atoms with van der Waals surface area (Å²) in [5.74, 6) is 0.968. The van der Waals surface area contributed by atoms with Crippen molar-refractivity contribution in [1.29, 1.82) is 0 Å². The number of nitrogens with one attached hydrogen (secondary N) is 3. The predicted molar refractivity (Wildman–Crippen MR) is 150 cm³/mol. The van der Waals surface area contributed by atoms with Gasteiger partial charge in [0.2, 0.25) is 5.91 Å². The maximum atomic E-state index is 12.6. The van der Waals surface area contributed by atoms with Gasteiger partial charge in [-0.15, -0.1) is 0 Å². The molecule has 39 heavy (non-hydrogen) atoms. The second-order valence-electron chi connectivity index (χ2n) is 9.85. The van der Waals surface area contributed by atoms with Gasteiger partial charge in [0.15, 0.2) is 0 Å². The Morgan fingerprint density at radius 1 is 0.974 bits per heavy atom. The van der Waals surface area contributed by atoms with Crippen LogP contribution in [0, 0.1) is 0 Å². The highest BCUT2D eigenvalue weighted by atomic mass is 16.5. The predicted octanol–water partition coefficient (Wildman–Crippen LogP) is 4.63. The maximum absolute atomic E-state index is 12.6. The third-order valence-corrected chi connectivity index (χ3v) is 7.11. The van der Waals surface area contributed by atoms with Gasteiger partial charge in [-0.1, -0.05) is 49.6 Å². The lowest BCUT2D eigenvalue weighted by Gasteiger charge is -2.23. The van der Waals surface area contributed by atoms with Crippen molar-refractivity contribution in [3.8, 4) is 5.75 Å². The van der Waals surface area contributed by atoms with Crippen molar-refractivity contribution in [2.45, 2.75) is 57.5 Å². The van der Waals surface area contributed by atoms with E-state index in [-0.39, 0.29) is 18.2 Å². The van der Waals surface area contributed by atoms with Crippen LogP contribution in [0.3, 0.4) is 0 Å². The van der Waals surface area contributed by atoms with Gasteiger partial charge in [-0.25, -0.2) is 4.98 Å². The van der Waals surface area contributed by atoms with E-state index in [1.54, 1.807) is 31.4 Å². The summed E-state index contributed by atoms with van der Waals surface area (Å²) in [7, 11) is 1.65. The van der Waals surface area contributed by atoms with Gasteiger partial charge in [0.25, 0.3) is 5.91 Å². The first-order chi connectivity index (χ1) is 19.1. The fourth-order valence-electron chi connectivity index (χ4n) is 5.03. The largest absolute Gasteiger partial charge is 0.497 e. The molecular weight excluding hydrogens is 492 g/mol. The Hall–Kier alpha value is -4.40. The number of carbonyl (C=O) groups excluding carboxylic acids is 2. The summed E-state index contributed by atoms with van der Waals surface area (Å²) in [5.41, 5.74) is 8.34. The number of methoxy groups -OCH3 is 1. The normalized spacial score (nSPS) is 13.7. The summed E-state index contributed by atoms with van der Waals surface area (Å²) in [6, 6.07) is 19.0. The second kappa shape index (κ2) is 12.4. The number of carbonyl (C=O) groups is 2. The standard InChI is InChI=1S/C30H34N6O3/c1-39-24-14-12-21(13-15-24)20-36-26-18-19-31-29(32-23-10-6-3-7-11-23)28(26)25(35-36)16-17-27(37)33-34-30(38)22-8-4-2-5-9-22/h2,4-5,8-9,12-15,18-19,23H,3,6-7,10-11,16-17,20H2,1H3,(H,31,32)(H,33,37)(H,34,38). The number of rotatable bonds is 9. The zero-order valence-electron chi connectivity index (χ0n) is 22.2. The van der Waals surface area contributed by atoms with E-state index < -0.39 is 0 Å². The third kappa shape index (κ3) is 6.54. The van der Waals surface area contributed by atoms with Crippen LogP contribution in [0.25, 0.3) is 10.9 Å². The second-order valence-corrected chi connectivity index (χ2v) is 9.85. The molecule has 0 saturated heterocycles. The van der Waals surface area contributed by atoms with Crippen LogP contribution in [0.1, 0.15) is 60.1 Å². The van der Waals surface area contributed by atoms with Gasteiger partial charge in [-0.3, -0.25) is 25.1 Å². The Morgan fingerprint density at radius 3 is 2.49 bits per heavy atom. The number of aryl methyl sites for hydroxylation is 1. The molecule has 9 heteroatoms. The van der Waals surface area contributed by atoms with Crippen LogP contribution in [0.2, 0.25) is 0 Å². The fourth-order valence-corrected chi connectivity index (χ4v) is 5.03. The molecule has 0 aliphatic heterocycles. The molecule has 0 bridgehead atoms. The van der Waals surface area contributed by atoms with Crippen molar-refractivity contribution < 1.29 is 14.3 Å². The van der Waals surface area contributed by atoms with Crippen LogP contribution in [-0.4, -0.2) is 39.7 Å². The van der Waals surface area contributed by atoms with E-state index in [0.717, 1.165) is 46.6 Å². The first-order valence-electron chi connectivity index (χ1n) is 13.5. The lowest BCUT2D eigenvalue weighted by atomic mass is 9.95. The number of fused-ring (bicyclic) bond motifs is 1. The van der Waals surface area contributed by atoms with Gasteiger partial charge >= 0.3 is 0 Å². The molecule has 3 N–H and O–H groups in total. The first-order valence-corrected chi connectivity index (χ1v) is 13.5. The number of nitrogens with zero attached hydrogens (tertiary/aromatic N) is 3. The summed E-state index contributed by atoms with van der Waals surface area (Å²) in [6.07, 6.45) is 8.34. The van der Waals surface area contributed by atoms with Crippen molar-refractivity contribution in [2.24, 2.45) is 0 Å². The van der Waals surface area contributed by atoms with E-state index in [1.165, 1.54) is 19.3 Å². The van der Waals surface area contributed by atoms with Crippen molar-refractivity contribution in [1.82, 2.24) is 25.6 Å². The summed E-state index contributed by atoms with van der Waals surface area (Å²) < 4.78 is 7.26. The number of benzene rings is 2. The molecule has 2 aromatic heterocycles. The number of anilines is 1. The Labute approximate surface area is 227 Å². The van der Waals surface area contributed by atoms with Crippen molar-refractivity contribution >= 4 is 28.5 Å². The van der Waals surface area contributed by atoms with E-state index in [0.29, 0.717) is 24.6 Å². The minimum atomic E-state index is -0.360. The zero-order valence-corrected chi connectivity index (χ0v) is 22.2. The number of pyridine rings is 1. The van der Waals surface area contributed by atoms with Gasteiger partial charge in [0.1, 0.15) is 11.6 Å². The van der Waals surface area contributed by atoms with Crippen molar-refractivity contribution in [3.05, 3.63) is 83.7 Å². The highest BCUT2D eigenvalue weighted by Gasteiger charge is 2.20. The molecule has 9 nitrogen and oxygen atoms in total. The highest BCUT2D eigenvalue weighted by molar-refractivity contribution is 5.95. The molecule has 2 aromatic carbocycles. The van der Waals surface area contributed by atoms with Crippen molar-refractivity contribution in [3.63, 3.8) is 0 Å². The minimum Gasteiger partial charge on any atom is -0.497 e. The van der Waals surface area contributed by atoms with Crippen LogP contribution in [0.4, 0.5) is 5.82 Å². The van der Waals surface area contributed by atoms with Crippen LogP contribution in [0.15, 0.2) is 66.9 Å². The topological polar surface area (TPSA) is 110 Å². The van der Waals surface area contributed by atoms with E-state index in [9.17, 15) is 9.59 Å². The Kier molecular flexibility index (Phi) is 8.36. The maximum Gasteiger partial charge on any atom is 0.269 e. The number of ether oxygens (including phenoxy) is 1. The molecule has 0 unspecified atom stereocenters. The molecule has 1 fully saturated rings. The van der Waals surface area contributed by atoms with Gasteiger partial charge in [0, 0.05) is 30.6 Å². The van der Waals surface area contributed by atoms with Gasteiger partial charge in [0.05, 0.1) is 30.3 Å². The third-order valence-electron chi connectivity index (χ3n) is 7.11. The molecule has 2 amide bonds. The molecule has 2 heterocycles. The van der Waals surface area contributed by atoms with Crippen molar-refractivity contribution in [2.75, 3.05) is 12.4 Å². The zero-order chi connectivity index (χ0) is 27.0. The average Bonchev–Trinajstić information content (AvgIpc) is 3.34. The lowest BCUT2D eigenvalue weighted by molar-refractivity contribution is -0.121. The number of hydrogen-bond acceptors (Lipinski definition) is 6. The number of hydrazine groups is 1. The SMILES string of the molecule is COc1ccc(Cn2nc(CCC(=O)NNC(=O)c3ccccc3)c3c(NC4CCCCC4)nccc32)cc1. The van der Waals surface area contributed by atoms with E-state index in [2.05, 4.69) is 21.2 Å². The van der Waals surface area contributed by atoms with Crippen LogP contribution >= 0.6 is 0 Å². The molecule has 0 atom stereocenters.